The van der Waals surface area contributed by atoms with E-state index in [0.717, 1.165) is 22.3 Å². The number of rotatable bonds is 6. The summed E-state index contributed by atoms with van der Waals surface area (Å²) in [7, 11) is 1.79. The molecule has 0 amide bonds. The van der Waals surface area contributed by atoms with E-state index >= 15 is 0 Å². The highest BCUT2D eigenvalue weighted by Gasteiger charge is 2.34. The number of carbonyl (C=O) groups is 1. The van der Waals surface area contributed by atoms with Gasteiger partial charge in [-0.15, -0.1) is 37.2 Å². The summed E-state index contributed by atoms with van der Waals surface area (Å²) in [6, 6.07) is 12.8. The Labute approximate surface area is 232 Å². The zero-order valence-electron chi connectivity index (χ0n) is 20.2. The number of likely N-dealkylation sites (N-methyl/N-ethyl adjacent to an activating group) is 1. The number of carboxylic acid groups (broad SMARTS) is 1. The van der Waals surface area contributed by atoms with Gasteiger partial charge in [-0.25, -0.2) is 13.6 Å². The highest BCUT2D eigenvalue weighted by atomic mass is 35.5. The molecule has 12 heteroatoms. The van der Waals surface area contributed by atoms with Crippen LogP contribution < -0.4 is 15.4 Å². The second kappa shape index (κ2) is 13.7. The smallest absolute Gasteiger partial charge is 0.327 e. The fourth-order valence-electron chi connectivity index (χ4n) is 4.06. The van der Waals surface area contributed by atoms with E-state index < -0.39 is 29.5 Å². The molecule has 2 aromatic carbocycles. The molecule has 37 heavy (non-hydrogen) atoms. The Morgan fingerprint density at radius 1 is 1.08 bits per heavy atom. The lowest BCUT2D eigenvalue weighted by molar-refractivity contribution is -0.139. The van der Waals surface area contributed by atoms with Crippen molar-refractivity contribution in [2.75, 3.05) is 31.6 Å². The Balaban J connectivity index is 0.00000228. The number of nitrogens with two attached hydrogens (primary N) is 1. The van der Waals surface area contributed by atoms with Gasteiger partial charge in [0.2, 0.25) is 0 Å². The van der Waals surface area contributed by atoms with Crippen LogP contribution in [0.25, 0.3) is 11.1 Å². The number of ether oxygens (including phenoxy) is 1. The van der Waals surface area contributed by atoms with Crippen molar-refractivity contribution in [1.29, 1.82) is 0 Å². The number of nitrogens with zero attached hydrogens (tertiary/aromatic N) is 3. The van der Waals surface area contributed by atoms with Crippen LogP contribution in [-0.2, 0) is 11.3 Å². The minimum Gasteiger partial charge on any atom is -0.480 e. The second-order valence-electron chi connectivity index (χ2n) is 8.43. The predicted molar refractivity (Wildman–Crippen MR) is 147 cm³/mol. The zero-order valence-corrected chi connectivity index (χ0v) is 22.6. The highest BCUT2D eigenvalue weighted by Crippen LogP contribution is 2.32. The molecule has 1 aromatic heterocycles. The molecule has 1 atom stereocenters. The normalized spacial score (nSPS) is 15.2. The number of hydrogen-bond acceptors (Lipinski definition) is 6. The molecule has 3 aromatic rings. The number of aryl methyl sites for hydroxylation is 1. The number of carboxylic acids is 1. The quantitative estimate of drug-likeness (QED) is 0.423. The van der Waals surface area contributed by atoms with Crippen LogP contribution in [0, 0.1) is 18.6 Å². The number of halogens is 5. The van der Waals surface area contributed by atoms with Gasteiger partial charge >= 0.3 is 5.97 Å². The van der Waals surface area contributed by atoms with Crippen molar-refractivity contribution < 1.29 is 23.4 Å². The van der Waals surface area contributed by atoms with Gasteiger partial charge in [-0.3, -0.25) is 0 Å². The summed E-state index contributed by atoms with van der Waals surface area (Å²) in [6.07, 6.45) is 0. The molecule has 0 spiro atoms. The molecule has 1 unspecified atom stereocenters. The van der Waals surface area contributed by atoms with Crippen molar-refractivity contribution in [2.45, 2.75) is 19.5 Å². The zero-order chi connectivity index (χ0) is 24.4. The van der Waals surface area contributed by atoms with Crippen LogP contribution >= 0.6 is 37.2 Å². The van der Waals surface area contributed by atoms with Crippen molar-refractivity contribution in [1.82, 2.24) is 9.88 Å². The van der Waals surface area contributed by atoms with Gasteiger partial charge in [0.1, 0.15) is 11.8 Å². The molecule has 3 N–H and O–H groups in total. The van der Waals surface area contributed by atoms with Crippen LogP contribution in [0.1, 0.15) is 11.1 Å². The Morgan fingerprint density at radius 3 is 2.49 bits per heavy atom. The van der Waals surface area contributed by atoms with Crippen LogP contribution in [0.15, 0.2) is 48.5 Å². The Kier molecular flexibility index (Phi) is 12.0. The summed E-state index contributed by atoms with van der Waals surface area (Å²) in [5, 5.41) is 9.61. The third-order valence-electron chi connectivity index (χ3n) is 5.78. The largest absolute Gasteiger partial charge is 0.480 e. The van der Waals surface area contributed by atoms with Crippen molar-refractivity contribution in [2.24, 2.45) is 5.73 Å². The first-order chi connectivity index (χ1) is 16.2. The van der Waals surface area contributed by atoms with Gasteiger partial charge in [-0.2, -0.15) is 4.98 Å². The Bertz CT molecular complexity index is 1240. The first kappa shape index (κ1) is 32.3. The van der Waals surface area contributed by atoms with E-state index in [4.69, 9.17) is 10.5 Å². The fourth-order valence-corrected chi connectivity index (χ4v) is 4.06. The van der Waals surface area contributed by atoms with E-state index in [1.54, 1.807) is 19.2 Å². The summed E-state index contributed by atoms with van der Waals surface area (Å²) in [4.78, 5) is 19.0. The van der Waals surface area contributed by atoms with Crippen LogP contribution in [0.2, 0.25) is 0 Å². The van der Waals surface area contributed by atoms with Crippen molar-refractivity contribution >= 4 is 49.0 Å². The monoisotopic (exact) mass is 576 g/mol. The topological polar surface area (TPSA) is 91.9 Å². The molecule has 0 radical (unpaired) electrons. The molecule has 202 valence electrons. The van der Waals surface area contributed by atoms with Crippen LogP contribution in [-0.4, -0.2) is 53.7 Å². The number of aromatic nitrogens is 1. The molecule has 1 saturated heterocycles. The van der Waals surface area contributed by atoms with Crippen molar-refractivity contribution in [3.63, 3.8) is 0 Å². The van der Waals surface area contributed by atoms with Gasteiger partial charge in [0.15, 0.2) is 17.5 Å². The predicted octanol–water partition coefficient (Wildman–Crippen LogP) is 5.06. The lowest BCUT2D eigenvalue weighted by Crippen LogP contribution is -2.56. The van der Waals surface area contributed by atoms with E-state index in [0.29, 0.717) is 24.9 Å². The van der Waals surface area contributed by atoms with Gasteiger partial charge in [-0.05, 0) is 54.4 Å². The fraction of sp³-hybridized carbons (Fsp3) is 0.280. The molecule has 2 heterocycles. The molecule has 1 aliphatic rings. The van der Waals surface area contributed by atoms with Crippen LogP contribution in [0.3, 0.4) is 0 Å². The number of aliphatic carboxylic acids is 1. The third kappa shape index (κ3) is 7.43. The standard InChI is InChI=1S/C25H26F2N4O3.3ClH/c1-15-8-18(17-5-3-4-16(10-17)13-28)11-19(9-15)34-24-21(27)12-20(26)23(29-24)31-7-6-30(2)14-22(31)25(32)33;;;/h3-5,8-12,22H,6-7,13-14,28H2,1-2H3,(H,32,33);3*1H. The van der Waals surface area contributed by atoms with Crippen LogP contribution in [0.4, 0.5) is 14.6 Å². The molecule has 7 nitrogen and oxygen atoms in total. The lowest BCUT2D eigenvalue weighted by atomic mass is 10.0. The summed E-state index contributed by atoms with van der Waals surface area (Å²) in [5.41, 5.74) is 9.36. The van der Waals surface area contributed by atoms with Crippen molar-refractivity contribution in [3.05, 3.63) is 71.3 Å². The number of hydrogen-bond donors (Lipinski definition) is 2. The van der Waals surface area contributed by atoms with Gasteiger partial charge in [0, 0.05) is 32.2 Å². The SMILES string of the molecule is Cc1cc(Oc2nc(N3CCN(C)CC3C(=O)O)c(F)cc2F)cc(-c2cccc(CN)c2)c1.Cl.Cl.Cl. The molecular formula is C25H29Cl3F2N4O3. The summed E-state index contributed by atoms with van der Waals surface area (Å²) >= 11 is 0. The van der Waals surface area contributed by atoms with Crippen molar-refractivity contribution in [3.8, 4) is 22.8 Å². The second-order valence-corrected chi connectivity index (χ2v) is 8.43. The number of anilines is 1. The van der Waals surface area contributed by atoms with E-state index in [-0.39, 0.29) is 56.1 Å². The average molecular weight is 578 g/mol. The maximum Gasteiger partial charge on any atom is 0.327 e. The lowest BCUT2D eigenvalue weighted by Gasteiger charge is -2.38. The number of pyridine rings is 1. The summed E-state index contributed by atoms with van der Waals surface area (Å²) in [5.74, 6) is -3.38. The van der Waals surface area contributed by atoms with Gasteiger partial charge in [0.25, 0.3) is 5.88 Å². The molecule has 1 aliphatic heterocycles. The average Bonchev–Trinajstić information content (AvgIpc) is 2.80. The van der Waals surface area contributed by atoms with E-state index in [1.165, 1.54) is 4.90 Å². The molecule has 0 aliphatic carbocycles. The minimum atomic E-state index is -1.11. The molecule has 4 rings (SSSR count). The molecule has 0 bridgehead atoms. The third-order valence-corrected chi connectivity index (χ3v) is 5.78. The molecule has 1 fully saturated rings. The van der Waals surface area contributed by atoms with E-state index in [9.17, 15) is 18.7 Å². The number of benzene rings is 2. The van der Waals surface area contributed by atoms with E-state index in [1.807, 2.05) is 42.2 Å². The van der Waals surface area contributed by atoms with E-state index in [2.05, 4.69) is 4.98 Å². The van der Waals surface area contributed by atoms with Crippen LogP contribution in [0.5, 0.6) is 11.6 Å². The summed E-state index contributed by atoms with van der Waals surface area (Å²) < 4.78 is 35.1. The minimum absolute atomic E-state index is 0. The first-order valence-corrected chi connectivity index (χ1v) is 10.9. The Morgan fingerprint density at radius 2 is 1.81 bits per heavy atom. The molecular weight excluding hydrogens is 549 g/mol. The maximum absolute atomic E-state index is 14.7. The first-order valence-electron chi connectivity index (χ1n) is 10.9. The maximum atomic E-state index is 14.7. The van der Waals surface area contributed by atoms with Gasteiger partial charge < -0.3 is 25.4 Å². The summed E-state index contributed by atoms with van der Waals surface area (Å²) in [6.45, 7) is 3.22. The number of piperazine rings is 1. The highest BCUT2D eigenvalue weighted by molar-refractivity contribution is 5.86. The van der Waals surface area contributed by atoms with Gasteiger partial charge in [-0.1, -0.05) is 24.3 Å². The van der Waals surface area contributed by atoms with Gasteiger partial charge in [0.05, 0.1) is 0 Å². The molecule has 0 saturated carbocycles. The Hall–Kier alpha value is -2.69.